The molecule has 1 aromatic rings. The molecule has 0 aliphatic rings. The van der Waals surface area contributed by atoms with Crippen LogP contribution in [0.15, 0.2) is 24.3 Å². The molecule has 1 rings (SSSR count). The van der Waals surface area contributed by atoms with Crippen molar-refractivity contribution in [1.29, 1.82) is 0 Å². The van der Waals surface area contributed by atoms with E-state index in [2.05, 4.69) is 0 Å². The number of hydrogen-bond acceptors (Lipinski definition) is 2. The molecule has 2 N–H and O–H groups in total. The molecule has 4 heteroatoms. The van der Waals surface area contributed by atoms with Gasteiger partial charge in [-0.15, -0.1) is 0 Å². The molecular formula is C9H11FN2S. The fourth-order valence-electron chi connectivity index (χ4n) is 1.04. The van der Waals surface area contributed by atoms with Gasteiger partial charge in [-0.25, -0.2) is 4.39 Å². The first-order valence-electron chi connectivity index (χ1n) is 3.84. The van der Waals surface area contributed by atoms with E-state index in [1.165, 1.54) is 12.1 Å². The van der Waals surface area contributed by atoms with Gasteiger partial charge in [0.05, 0.1) is 11.5 Å². The molecule has 13 heavy (non-hydrogen) atoms. The highest BCUT2D eigenvalue weighted by molar-refractivity contribution is 7.80. The highest BCUT2D eigenvalue weighted by Crippen LogP contribution is 2.12. The fourth-order valence-corrected chi connectivity index (χ4v) is 1.23. The molecule has 2 nitrogen and oxygen atoms in total. The van der Waals surface area contributed by atoms with Crippen LogP contribution in [0, 0.1) is 5.82 Å². The lowest BCUT2D eigenvalue weighted by Crippen LogP contribution is -2.29. The van der Waals surface area contributed by atoms with Gasteiger partial charge in [0.1, 0.15) is 5.82 Å². The Balaban J connectivity index is 2.76. The normalized spacial score (nSPS) is 9.69. The monoisotopic (exact) mass is 198 g/mol. The number of nitrogens with two attached hydrogens (primary N) is 1. The van der Waals surface area contributed by atoms with Gasteiger partial charge in [-0.05, 0) is 18.2 Å². The first-order valence-corrected chi connectivity index (χ1v) is 4.25. The molecule has 0 atom stereocenters. The van der Waals surface area contributed by atoms with Gasteiger partial charge < -0.3 is 10.6 Å². The molecule has 0 bridgehead atoms. The Labute approximate surface area is 82.2 Å². The topological polar surface area (TPSA) is 29.3 Å². The summed E-state index contributed by atoms with van der Waals surface area (Å²) < 4.78 is 12.8. The Bertz CT molecular complexity index is 314. The van der Waals surface area contributed by atoms with E-state index >= 15 is 0 Å². The van der Waals surface area contributed by atoms with Crippen molar-refractivity contribution in [3.8, 4) is 0 Å². The number of benzene rings is 1. The van der Waals surface area contributed by atoms with Gasteiger partial charge in [-0.2, -0.15) is 0 Å². The van der Waals surface area contributed by atoms with Crippen molar-refractivity contribution in [3.05, 3.63) is 30.1 Å². The molecule has 0 unspecified atom stereocenters. The Morgan fingerprint density at radius 1 is 1.62 bits per heavy atom. The zero-order chi connectivity index (χ0) is 9.84. The molecule has 0 aliphatic heterocycles. The highest BCUT2D eigenvalue weighted by Gasteiger charge is 2.02. The van der Waals surface area contributed by atoms with Crippen LogP contribution in [-0.4, -0.2) is 18.6 Å². The maximum absolute atomic E-state index is 12.8. The van der Waals surface area contributed by atoms with E-state index in [-0.39, 0.29) is 5.82 Å². The molecular weight excluding hydrogens is 187 g/mol. The van der Waals surface area contributed by atoms with Crippen molar-refractivity contribution in [3.63, 3.8) is 0 Å². The third-order valence-corrected chi connectivity index (χ3v) is 1.77. The number of anilines is 1. The van der Waals surface area contributed by atoms with Crippen LogP contribution < -0.4 is 10.6 Å². The summed E-state index contributed by atoms with van der Waals surface area (Å²) in [5, 5.41) is 0. The number of hydrogen-bond donors (Lipinski definition) is 1. The van der Waals surface area contributed by atoms with Gasteiger partial charge >= 0.3 is 0 Å². The van der Waals surface area contributed by atoms with Crippen LogP contribution in [0.2, 0.25) is 0 Å². The van der Waals surface area contributed by atoms with Crippen molar-refractivity contribution in [1.82, 2.24) is 0 Å². The van der Waals surface area contributed by atoms with Crippen LogP contribution in [0.1, 0.15) is 0 Å². The molecule has 1 aromatic carbocycles. The van der Waals surface area contributed by atoms with E-state index in [9.17, 15) is 4.39 Å². The van der Waals surface area contributed by atoms with Crippen LogP contribution in [0.3, 0.4) is 0 Å². The zero-order valence-corrected chi connectivity index (χ0v) is 8.14. The second-order valence-corrected chi connectivity index (χ2v) is 3.33. The summed E-state index contributed by atoms with van der Waals surface area (Å²) in [5.74, 6) is -0.257. The van der Waals surface area contributed by atoms with Gasteiger partial charge in [-0.3, -0.25) is 0 Å². The minimum Gasteiger partial charge on any atom is -0.392 e. The van der Waals surface area contributed by atoms with E-state index in [4.69, 9.17) is 18.0 Å². The minimum atomic E-state index is -0.257. The average Bonchev–Trinajstić information content (AvgIpc) is 2.03. The summed E-state index contributed by atoms with van der Waals surface area (Å²) in [7, 11) is 1.81. The summed E-state index contributed by atoms with van der Waals surface area (Å²) in [5.41, 5.74) is 6.14. The molecule has 0 amide bonds. The lowest BCUT2D eigenvalue weighted by molar-refractivity contribution is 0.627. The Morgan fingerprint density at radius 3 is 2.85 bits per heavy atom. The van der Waals surface area contributed by atoms with Gasteiger partial charge in [0.2, 0.25) is 0 Å². The number of thiocarbonyl (C=S) groups is 1. The fraction of sp³-hybridized carbons (Fsp3) is 0.222. The first kappa shape index (κ1) is 9.92. The van der Waals surface area contributed by atoms with E-state index < -0.39 is 0 Å². The van der Waals surface area contributed by atoms with Crippen molar-refractivity contribution in [2.24, 2.45) is 5.73 Å². The van der Waals surface area contributed by atoms with Crippen LogP contribution >= 0.6 is 12.2 Å². The van der Waals surface area contributed by atoms with Gasteiger partial charge in [0.15, 0.2) is 0 Å². The predicted molar refractivity (Wildman–Crippen MR) is 56.5 cm³/mol. The Morgan fingerprint density at radius 2 is 2.31 bits per heavy atom. The van der Waals surface area contributed by atoms with Crippen molar-refractivity contribution in [2.45, 2.75) is 0 Å². The van der Waals surface area contributed by atoms with Crippen LogP contribution in [0.5, 0.6) is 0 Å². The van der Waals surface area contributed by atoms with E-state index in [0.717, 1.165) is 5.69 Å². The number of likely N-dealkylation sites (N-methyl/N-ethyl adjacent to an activating group) is 1. The summed E-state index contributed by atoms with van der Waals surface area (Å²) in [4.78, 5) is 2.19. The quantitative estimate of drug-likeness (QED) is 0.747. The molecule has 0 saturated heterocycles. The van der Waals surface area contributed by atoms with Gasteiger partial charge in [0, 0.05) is 12.7 Å². The first-order chi connectivity index (χ1) is 6.09. The second kappa shape index (κ2) is 4.18. The Hall–Kier alpha value is -1.16. The Kier molecular flexibility index (Phi) is 3.19. The second-order valence-electron chi connectivity index (χ2n) is 2.80. The van der Waals surface area contributed by atoms with Crippen molar-refractivity contribution < 1.29 is 4.39 Å². The maximum Gasteiger partial charge on any atom is 0.125 e. The molecule has 70 valence electrons. The summed E-state index contributed by atoms with van der Waals surface area (Å²) in [6, 6.07) is 6.30. The SMILES string of the molecule is CN(CC(N)=S)c1cccc(F)c1. The van der Waals surface area contributed by atoms with Crippen LogP contribution in [0.4, 0.5) is 10.1 Å². The number of nitrogens with zero attached hydrogens (tertiary/aromatic N) is 1. The van der Waals surface area contributed by atoms with Gasteiger partial charge in [-0.1, -0.05) is 18.3 Å². The molecule has 0 aromatic heterocycles. The van der Waals surface area contributed by atoms with E-state index in [1.54, 1.807) is 17.0 Å². The lowest BCUT2D eigenvalue weighted by Gasteiger charge is -2.17. The van der Waals surface area contributed by atoms with Crippen LogP contribution in [0.25, 0.3) is 0 Å². The molecule has 0 aliphatic carbocycles. The zero-order valence-electron chi connectivity index (χ0n) is 7.33. The molecule has 0 saturated carbocycles. The predicted octanol–water partition coefficient (Wildman–Crippen LogP) is 1.55. The molecule has 0 radical (unpaired) electrons. The summed E-state index contributed by atoms with van der Waals surface area (Å²) in [6.45, 7) is 0.457. The third kappa shape index (κ3) is 2.99. The third-order valence-electron chi connectivity index (χ3n) is 1.64. The molecule has 0 spiro atoms. The highest BCUT2D eigenvalue weighted by atomic mass is 32.1. The van der Waals surface area contributed by atoms with Gasteiger partial charge in [0.25, 0.3) is 0 Å². The molecule has 0 fully saturated rings. The van der Waals surface area contributed by atoms with Crippen LogP contribution in [-0.2, 0) is 0 Å². The summed E-state index contributed by atoms with van der Waals surface area (Å²) >= 11 is 4.75. The lowest BCUT2D eigenvalue weighted by atomic mass is 10.3. The minimum absolute atomic E-state index is 0.257. The van der Waals surface area contributed by atoms with Crippen molar-refractivity contribution in [2.75, 3.05) is 18.5 Å². The van der Waals surface area contributed by atoms with E-state index in [1.807, 2.05) is 7.05 Å². The smallest absolute Gasteiger partial charge is 0.125 e. The average molecular weight is 198 g/mol. The molecule has 0 heterocycles. The van der Waals surface area contributed by atoms with E-state index in [0.29, 0.717) is 11.5 Å². The number of halogens is 1. The maximum atomic E-state index is 12.8. The number of rotatable bonds is 3. The summed E-state index contributed by atoms with van der Waals surface area (Å²) in [6.07, 6.45) is 0. The standard InChI is InChI=1S/C9H11FN2S/c1-12(6-9(11)13)8-4-2-3-7(10)5-8/h2-5H,6H2,1H3,(H2,11,13). The largest absolute Gasteiger partial charge is 0.392 e. The van der Waals surface area contributed by atoms with Crippen molar-refractivity contribution >= 4 is 22.9 Å².